The fourth-order valence-corrected chi connectivity index (χ4v) is 5.05. The molecule has 2 amide bonds. The summed E-state index contributed by atoms with van der Waals surface area (Å²) in [4.78, 5) is 29.1. The van der Waals surface area contributed by atoms with Crippen LogP contribution in [-0.4, -0.2) is 34.2 Å². The van der Waals surface area contributed by atoms with Crippen molar-refractivity contribution in [1.29, 1.82) is 0 Å². The third-order valence-corrected chi connectivity index (χ3v) is 6.32. The van der Waals surface area contributed by atoms with E-state index in [4.69, 9.17) is 0 Å². The van der Waals surface area contributed by atoms with Gasteiger partial charge < -0.3 is 4.90 Å². The van der Waals surface area contributed by atoms with Crippen LogP contribution in [0.3, 0.4) is 0 Å². The average Bonchev–Trinajstić information content (AvgIpc) is 2.86. The van der Waals surface area contributed by atoms with Crippen LogP contribution in [0.5, 0.6) is 0 Å². The van der Waals surface area contributed by atoms with Gasteiger partial charge in [0.1, 0.15) is 0 Å². The highest BCUT2D eigenvalue weighted by atomic mass is 32.2. The van der Waals surface area contributed by atoms with E-state index in [-0.39, 0.29) is 22.7 Å². The summed E-state index contributed by atoms with van der Waals surface area (Å²) in [6.07, 6.45) is 5.27. The van der Waals surface area contributed by atoms with Crippen molar-refractivity contribution in [2.24, 2.45) is 0 Å². The van der Waals surface area contributed by atoms with Crippen LogP contribution in [0.4, 0.5) is 10.5 Å². The van der Waals surface area contributed by atoms with Crippen LogP contribution in [0.2, 0.25) is 0 Å². The van der Waals surface area contributed by atoms with Crippen molar-refractivity contribution in [2.75, 3.05) is 11.4 Å². The molecule has 0 N–H and O–H groups in total. The first-order valence-electron chi connectivity index (χ1n) is 9.96. The number of benzene rings is 1. The van der Waals surface area contributed by atoms with Crippen LogP contribution in [0.1, 0.15) is 64.7 Å². The molecule has 0 saturated carbocycles. The van der Waals surface area contributed by atoms with E-state index in [1.54, 1.807) is 0 Å². The second-order valence-corrected chi connectivity index (χ2v) is 9.50. The maximum Gasteiger partial charge on any atom is 0.293 e. The quantitative estimate of drug-likeness (QED) is 0.596. The Morgan fingerprint density at radius 2 is 1.86 bits per heavy atom. The number of anilines is 1. The summed E-state index contributed by atoms with van der Waals surface area (Å²) < 4.78 is 0. The highest BCUT2D eigenvalue weighted by molar-refractivity contribution is 8.18. The molecule has 1 aromatic carbocycles. The molecule has 0 radical (unpaired) electrons. The van der Waals surface area contributed by atoms with Gasteiger partial charge in [-0.1, -0.05) is 13.0 Å². The van der Waals surface area contributed by atoms with Crippen LogP contribution in [0, 0.1) is 6.92 Å². The number of carbonyl (C=O) groups excluding carboxylic acids is 2. The number of fused-ring (bicyclic) bond motifs is 1. The molecular weight excluding hydrogens is 368 g/mol. The summed E-state index contributed by atoms with van der Waals surface area (Å²) in [5, 5.41) is -0.186. The van der Waals surface area contributed by atoms with Gasteiger partial charge in [0.25, 0.3) is 11.1 Å². The molecular formula is C23H30N2O2S. The predicted molar refractivity (Wildman–Crippen MR) is 119 cm³/mol. The molecule has 3 rings (SSSR count). The summed E-state index contributed by atoms with van der Waals surface area (Å²) in [6, 6.07) is 4.26. The second-order valence-electron chi connectivity index (χ2n) is 8.50. The fraction of sp³-hybridized carbons (Fsp3) is 0.478. The van der Waals surface area contributed by atoms with Gasteiger partial charge in [0, 0.05) is 23.8 Å². The SMILES string of the molecule is CCCN1c2cc(C)c(/C=C3/SC(=O)N(C(C)C)C3=O)cc2C(C)=CC1(C)C. The molecule has 0 unspecified atom stereocenters. The van der Waals surface area contributed by atoms with Gasteiger partial charge in [-0.2, -0.15) is 0 Å². The first kappa shape index (κ1) is 20.7. The van der Waals surface area contributed by atoms with Crippen molar-refractivity contribution in [3.05, 3.63) is 39.8 Å². The summed E-state index contributed by atoms with van der Waals surface area (Å²) in [5.74, 6) is -0.192. The summed E-state index contributed by atoms with van der Waals surface area (Å²) >= 11 is 1.03. The van der Waals surface area contributed by atoms with Crippen molar-refractivity contribution >= 4 is 40.2 Å². The lowest BCUT2D eigenvalue weighted by Gasteiger charge is -2.43. The minimum Gasteiger partial charge on any atom is -0.362 e. The number of amides is 2. The highest BCUT2D eigenvalue weighted by Gasteiger charge is 2.37. The smallest absolute Gasteiger partial charge is 0.293 e. The van der Waals surface area contributed by atoms with Gasteiger partial charge >= 0.3 is 0 Å². The molecule has 0 spiro atoms. The Balaban J connectivity index is 2.06. The van der Waals surface area contributed by atoms with Gasteiger partial charge in [-0.25, -0.2) is 0 Å². The van der Waals surface area contributed by atoms with E-state index in [1.807, 2.05) is 19.9 Å². The molecule has 1 fully saturated rings. The van der Waals surface area contributed by atoms with E-state index < -0.39 is 0 Å². The zero-order valence-electron chi connectivity index (χ0n) is 17.9. The van der Waals surface area contributed by atoms with Crippen molar-refractivity contribution in [2.45, 2.75) is 66.5 Å². The molecule has 2 heterocycles. The molecule has 0 aliphatic carbocycles. The maximum atomic E-state index is 12.6. The van der Waals surface area contributed by atoms with Crippen LogP contribution in [0.15, 0.2) is 23.1 Å². The van der Waals surface area contributed by atoms with Crippen molar-refractivity contribution in [3.8, 4) is 0 Å². The molecule has 2 aliphatic rings. The number of allylic oxidation sites excluding steroid dienone is 1. The minimum atomic E-state index is -0.192. The fourth-order valence-electron chi connectivity index (χ4n) is 4.10. The van der Waals surface area contributed by atoms with E-state index in [0.29, 0.717) is 4.91 Å². The molecule has 0 bridgehead atoms. The third-order valence-electron chi connectivity index (χ3n) is 5.44. The Labute approximate surface area is 172 Å². The van der Waals surface area contributed by atoms with Crippen LogP contribution < -0.4 is 4.90 Å². The monoisotopic (exact) mass is 398 g/mol. The minimum absolute atomic E-state index is 0.0268. The Bertz CT molecular complexity index is 896. The van der Waals surface area contributed by atoms with Gasteiger partial charge in [0.15, 0.2) is 0 Å². The Morgan fingerprint density at radius 3 is 2.43 bits per heavy atom. The zero-order valence-corrected chi connectivity index (χ0v) is 18.7. The molecule has 0 atom stereocenters. The molecule has 150 valence electrons. The van der Waals surface area contributed by atoms with Crippen molar-refractivity contribution in [3.63, 3.8) is 0 Å². The lowest BCUT2D eigenvalue weighted by molar-refractivity contribution is -0.123. The Hall–Kier alpha value is -2.01. The van der Waals surface area contributed by atoms with Crippen LogP contribution >= 0.6 is 11.8 Å². The summed E-state index contributed by atoms with van der Waals surface area (Å²) in [7, 11) is 0. The Morgan fingerprint density at radius 1 is 1.18 bits per heavy atom. The van der Waals surface area contributed by atoms with Crippen LogP contribution in [-0.2, 0) is 4.79 Å². The largest absolute Gasteiger partial charge is 0.362 e. The van der Waals surface area contributed by atoms with E-state index in [9.17, 15) is 9.59 Å². The second kappa shape index (κ2) is 7.43. The molecule has 28 heavy (non-hydrogen) atoms. The molecule has 1 aromatic rings. The highest BCUT2D eigenvalue weighted by Crippen LogP contribution is 2.41. The van der Waals surface area contributed by atoms with Crippen molar-refractivity contribution < 1.29 is 9.59 Å². The predicted octanol–water partition coefficient (Wildman–Crippen LogP) is 5.85. The van der Waals surface area contributed by atoms with Gasteiger partial charge in [-0.3, -0.25) is 14.5 Å². The molecule has 0 aromatic heterocycles. The third kappa shape index (κ3) is 3.52. The van der Waals surface area contributed by atoms with Gasteiger partial charge in [-0.15, -0.1) is 0 Å². The lowest BCUT2D eigenvalue weighted by Crippen LogP contribution is -2.45. The number of thioether (sulfide) groups is 1. The van der Waals surface area contributed by atoms with E-state index in [2.05, 4.69) is 57.7 Å². The standard InChI is InChI=1S/C23H30N2O2S/c1-8-9-24-19-10-15(4)17(11-18(19)16(5)13-23(24,6)7)12-20-21(26)25(14(2)3)22(27)28-20/h10-14H,8-9H2,1-7H3/b20-12+. The topological polar surface area (TPSA) is 40.6 Å². The summed E-state index contributed by atoms with van der Waals surface area (Å²) in [5.41, 5.74) is 5.78. The van der Waals surface area contributed by atoms with E-state index in [1.165, 1.54) is 21.7 Å². The first-order chi connectivity index (χ1) is 13.1. The first-order valence-corrected chi connectivity index (χ1v) is 10.8. The molecule has 2 aliphatic heterocycles. The normalized spacial score (nSPS) is 20.3. The molecule has 4 nitrogen and oxygen atoms in total. The Kier molecular flexibility index (Phi) is 5.50. The average molecular weight is 399 g/mol. The number of imide groups is 1. The van der Waals surface area contributed by atoms with Gasteiger partial charge in [-0.05, 0) is 94.6 Å². The molecule has 5 heteroatoms. The number of rotatable bonds is 4. The summed E-state index contributed by atoms with van der Waals surface area (Å²) in [6.45, 7) is 15.6. The number of hydrogen-bond acceptors (Lipinski definition) is 4. The van der Waals surface area contributed by atoms with E-state index >= 15 is 0 Å². The maximum absolute atomic E-state index is 12.6. The van der Waals surface area contributed by atoms with E-state index in [0.717, 1.165) is 35.9 Å². The van der Waals surface area contributed by atoms with Crippen LogP contribution in [0.25, 0.3) is 11.6 Å². The number of hydrogen-bond donors (Lipinski definition) is 0. The van der Waals surface area contributed by atoms with Gasteiger partial charge in [0.2, 0.25) is 0 Å². The molecule has 1 saturated heterocycles. The lowest BCUT2D eigenvalue weighted by atomic mass is 9.86. The van der Waals surface area contributed by atoms with Gasteiger partial charge in [0.05, 0.1) is 10.4 Å². The number of nitrogens with zero attached hydrogens (tertiary/aromatic N) is 2. The number of carbonyl (C=O) groups is 2. The zero-order chi connectivity index (χ0) is 20.8. The number of aryl methyl sites for hydroxylation is 1. The van der Waals surface area contributed by atoms with Crippen molar-refractivity contribution in [1.82, 2.24) is 4.90 Å².